The molecule has 0 aromatic heterocycles. The van der Waals surface area contributed by atoms with Crippen molar-refractivity contribution in [1.82, 2.24) is 0 Å². The Bertz CT molecular complexity index is 599. The van der Waals surface area contributed by atoms with Crippen molar-refractivity contribution in [1.29, 1.82) is 0 Å². The molecule has 106 valence electrons. The van der Waals surface area contributed by atoms with Crippen LogP contribution in [-0.2, 0) is 4.79 Å². The normalized spacial score (nSPS) is 20.1. The number of carbonyl (C=O) groups is 2. The number of Topliss-reactive ketones (excluding diaryl/α,β-unsaturated/α-hetero) is 1. The van der Waals surface area contributed by atoms with E-state index in [1.165, 1.54) is 6.42 Å². The minimum atomic E-state index is -0.360. The van der Waals surface area contributed by atoms with Gasteiger partial charge in [-0.05, 0) is 49.3 Å². The summed E-state index contributed by atoms with van der Waals surface area (Å²) >= 11 is 3.57. The van der Waals surface area contributed by atoms with E-state index in [-0.39, 0.29) is 17.1 Å². The maximum Gasteiger partial charge on any atom is 0.299 e. The zero-order valence-corrected chi connectivity index (χ0v) is 13.4. The van der Waals surface area contributed by atoms with E-state index in [4.69, 9.17) is 0 Å². The van der Waals surface area contributed by atoms with Crippen LogP contribution in [0.3, 0.4) is 0 Å². The number of hydrogen-bond donors (Lipinski definition) is 0. The molecule has 0 N–H and O–H groups in total. The first-order chi connectivity index (χ1) is 9.47. The summed E-state index contributed by atoms with van der Waals surface area (Å²) in [5.41, 5.74) is 3.56. The Morgan fingerprint density at radius 3 is 2.50 bits per heavy atom. The molecule has 1 aliphatic carbocycles. The molecule has 0 bridgehead atoms. The number of benzene rings is 1. The lowest BCUT2D eigenvalue weighted by Crippen LogP contribution is -2.45. The fourth-order valence-electron chi connectivity index (χ4n) is 3.30. The fraction of sp³-hybridized carbons (Fsp3) is 0.500. The SMILES string of the molecule is Cc1cc(C)c2c(c1)N(CC1(CBr)CCC1)C(=O)C2=O. The van der Waals surface area contributed by atoms with Gasteiger partial charge in [-0.3, -0.25) is 9.59 Å². The van der Waals surface area contributed by atoms with Crippen molar-refractivity contribution in [3.05, 3.63) is 28.8 Å². The van der Waals surface area contributed by atoms with Crippen molar-refractivity contribution in [3.8, 4) is 0 Å². The second kappa shape index (κ2) is 4.69. The average molecular weight is 336 g/mol. The van der Waals surface area contributed by atoms with Crippen molar-refractivity contribution in [2.24, 2.45) is 5.41 Å². The lowest BCUT2D eigenvalue weighted by atomic mass is 9.70. The van der Waals surface area contributed by atoms with E-state index >= 15 is 0 Å². The molecule has 0 unspecified atom stereocenters. The van der Waals surface area contributed by atoms with Crippen LogP contribution in [0.4, 0.5) is 5.69 Å². The van der Waals surface area contributed by atoms with Gasteiger partial charge in [0.2, 0.25) is 0 Å². The van der Waals surface area contributed by atoms with Crippen molar-refractivity contribution in [2.75, 3.05) is 16.8 Å². The molecule has 0 atom stereocenters. The minimum Gasteiger partial charge on any atom is -0.304 e. The van der Waals surface area contributed by atoms with Crippen LogP contribution in [-0.4, -0.2) is 23.6 Å². The molecule has 0 radical (unpaired) electrons. The maximum atomic E-state index is 12.3. The molecule has 1 aromatic carbocycles. The molecule has 1 amide bonds. The monoisotopic (exact) mass is 335 g/mol. The van der Waals surface area contributed by atoms with Gasteiger partial charge in [0.1, 0.15) is 0 Å². The molecular weight excluding hydrogens is 318 g/mol. The summed E-state index contributed by atoms with van der Waals surface area (Å²) in [6.07, 6.45) is 3.45. The fourth-order valence-corrected chi connectivity index (χ4v) is 4.03. The largest absolute Gasteiger partial charge is 0.304 e. The van der Waals surface area contributed by atoms with Gasteiger partial charge < -0.3 is 4.90 Å². The highest BCUT2D eigenvalue weighted by atomic mass is 79.9. The van der Waals surface area contributed by atoms with Crippen LogP contribution in [0, 0.1) is 19.3 Å². The Labute approximate surface area is 127 Å². The number of carbonyl (C=O) groups excluding carboxylic acids is 2. The number of fused-ring (bicyclic) bond motifs is 1. The highest BCUT2D eigenvalue weighted by Gasteiger charge is 2.44. The molecule has 1 aromatic rings. The van der Waals surface area contributed by atoms with E-state index in [9.17, 15) is 9.59 Å². The summed E-state index contributed by atoms with van der Waals surface area (Å²) in [7, 11) is 0. The summed E-state index contributed by atoms with van der Waals surface area (Å²) < 4.78 is 0. The van der Waals surface area contributed by atoms with Gasteiger partial charge >= 0.3 is 0 Å². The molecule has 0 spiro atoms. The smallest absolute Gasteiger partial charge is 0.299 e. The Hall–Kier alpha value is -1.16. The zero-order chi connectivity index (χ0) is 14.5. The molecular formula is C16H18BrNO2. The van der Waals surface area contributed by atoms with Gasteiger partial charge in [0.25, 0.3) is 11.7 Å². The van der Waals surface area contributed by atoms with Gasteiger partial charge in [-0.2, -0.15) is 0 Å². The number of ketones is 1. The van der Waals surface area contributed by atoms with Gasteiger partial charge in [0.15, 0.2) is 0 Å². The Balaban J connectivity index is 2.02. The van der Waals surface area contributed by atoms with Crippen molar-refractivity contribution in [3.63, 3.8) is 0 Å². The third-order valence-electron chi connectivity index (χ3n) is 4.61. The number of hydrogen-bond acceptors (Lipinski definition) is 2. The van der Waals surface area contributed by atoms with Crippen LogP contribution in [0.15, 0.2) is 12.1 Å². The summed E-state index contributed by atoms with van der Waals surface area (Å²) in [5, 5.41) is 0.887. The van der Waals surface area contributed by atoms with Gasteiger partial charge in [0, 0.05) is 11.9 Å². The van der Waals surface area contributed by atoms with Gasteiger partial charge in [0.05, 0.1) is 11.3 Å². The number of anilines is 1. The highest BCUT2D eigenvalue weighted by Crippen LogP contribution is 2.45. The van der Waals surface area contributed by atoms with E-state index in [2.05, 4.69) is 15.9 Å². The second-order valence-corrected chi connectivity index (χ2v) is 6.74. The third-order valence-corrected chi connectivity index (χ3v) is 5.80. The van der Waals surface area contributed by atoms with E-state index in [1.54, 1.807) is 4.90 Å². The standard InChI is InChI=1S/C16H18BrNO2/c1-10-6-11(2)13-12(7-10)18(15(20)14(13)19)9-16(8-17)4-3-5-16/h6-7H,3-5,8-9H2,1-2H3. The minimum absolute atomic E-state index is 0.148. The predicted molar refractivity (Wildman–Crippen MR) is 82.7 cm³/mol. The number of halogens is 1. The van der Waals surface area contributed by atoms with E-state index < -0.39 is 0 Å². The quantitative estimate of drug-likeness (QED) is 0.627. The molecule has 1 fully saturated rings. The summed E-state index contributed by atoms with van der Waals surface area (Å²) in [6, 6.07) is 3.93. The first kappa shape index (κ1) is 13.8. The van der Waals surface area contributed by atoms with Crippen molar-refractivity contribution >= 4 is 33.3 Å². The lowest BCUT2D eigenvalue weighted by molar-refractivity contribution is -0.114. The summed E-state index contributed by atoms with van der Waals surface area (Å²) in [5.74, 6) is -0.706. The third kappa shape index (κ3) is 1.93. The Morgan fingerprint density at radius 1 is 1.25 bits per heavy atom. The van der Waals surface area contributed by atoms with Crippen molar-refractivity contribution in [2.45, 2.75) is 33.1 Å². The molecule has 1 heterocycles. The lowest BCUT2D eigenvalue weighted by Gasteiger charge is -2.43. The van der Waals surface area contributed by atoms with Gasteiger partial charge in [-0.15, -0.1) is 0 Å². The number of rotatable bonds is 3. The molecule has 0 saturated heterocycles. The van der Waals surface area contributed by atoms with E-state index in [0.717, 1.165) is 35.0 Å². The second-order valence-electron chi connectivity index (χ2n) is 6.18. The first-order valence-corrected chi connectivity index (χ1v) is 8.13. The topological polar surface area (TPSA) is 37.4 Å². The highest BCUT2D eigenvalue weighted by molar-refractivity contribution is 9.09. The molecule has 3 rings (SSSR count). The van der Waals surface area contributed by atoms with Crippen LogP contribution in [0.25, 0.3) is 0 Å². The van der Waals surface area contributed by atoms with Crippen molar-refractivity contribution < 1.29 is 9.59 Å². The van der Waals surface area contributed by atoms with Crippen LogP contribution >= 0.6 is 15.9 Å². The molecule has 4 heteroatoms. The van der Waals surface area contributed by atoms with Crippen LogP contribution in [0.5, 0.6) is 0 Å². The van der Waals surface area contributed by atoms with Crippen LogP contribution in [0.1, 0.15) is 40.7 Å². The number of nitrogens with zero attached hydrogens (tertiary/aromatic N) is 1. The number of alkyl halides is 1. The van der Waals surface area contributed by atoms with E-state index in [1.807, 2.05) is 26.0 Å². The zero-order valence-electron chi connectivity index (χ0n) is 11.8. The summed E-state index contributed by atoms with van der Waals surface area (Å²) in [4.78, 5) is 26.2. The van der Waals surface area contributed by atoms with Crippen LogP contribution < -0.4 is 4.90 Å². The Morgan fingerprint density at radius 2 is 1.95 bits per heavy atom. The average Bonchev–Trinajstić information content (AvgIpc) is 2.58. The molecule has 1 aliphatic heterocycles. The number of amides is 1. The first-order valence-electron chi connectivity index (χ1n) is 7.01. The van der Waals surface area contributed by atoms with Crippen LogP contribution in [0.2, 0.25) is 0 Å². The predicted octanol–water partition coefficient (Wildman–Crippen LogP) is 3.40. The van der Waals surface area contributed by atoms with Gasteiger partial charge in [-0.1, -0.05) is 28.4 Å². The maximum absolute atomic E-state index is 12.3. The Kier molecular flexibility index (Phi) is 3.24. The number of aryl methyl sites for hydroxylation is 2. The molecule has 2 aliphatic rings. The summed E-state index contributed by atoms with van der Waals surface area (Å²) in [6.45, 7) is 4.56. The van der Waals surface area contributed by atoms with Gasteiger partial charge in [-0.25, -0.2) is 0 Å². The molecule has 20 heavy (non-hydrogen) atoms. The van der Waals surface area contributed by atoms with E-state index in [0.29, 0.717) is 12.1 Å². The molecule has 3 nitrogen and oxygen atoms in total. The molecule has 1 saturated carbocycles.